The van der Waals surface area contributed by atoms with Crippen molar-refractivity contribution in [2.45, 2.75) is 13.8 Å². The molecule has 0 saturated heterocycles. The van der Waals surface area contributed by atoms with Gasteiger partial charge in [-0.15, -0.1) is 0 Å². The van der Waals surface area contributed by atoms with Crippen molar-refractivity contribution in [1.82, 2.24) is 4.98 Å². The van der Waals surface area contributed by atoms with Gasteiger partial charge in [0.05, 0.1) is 17.6 Å². The predicted octanol–water partition coefficient (Wildman–Crippen LogP) is 2.56. The SMILES string of the molecule is Cc1ccc(C(=O)N(C)c2ccncc2N)cc1C. The summed E-state index contributed by atoms with van der Waals surface area (Å²) in [6, 6.07) is 7.41. The minimum absolute atomic E-state index is 0.0824. The van der Waals surface area contributed by atoms with Gasteiger partial charge in [0.2, 0.25) is 0 Å². The summed E-state index contributed by atoms with van der Waals surface area (Å²) < 4.78 is 0. The maximum atomic E-state index is 12.4. The number of anilines is 2. The second kappa shape index (κ2) is 5.10. The second-order valence-corrected chi connectivity index (χ2v) is 4.60. The van der Waals surface area contributed by atoms with Crippen molar-refractivity contribution in [3.63, 3.8) is 0 Å². The van der Waals surface area contributed by atoms with Gasteiger partial charge in [0.25, 0.3) is 5.91 Å². The largest absolute Gasteiger partial charge is 0.396 e. The molecule has 0 saturated carbocycles. The number of hydrogen-bond acceptors (Lipinski definition) is 3. The van der Waals surface area contributed by atoms with Gasteiger partial charge in [-0.2, -0.15) is 0 Å². The van der Waals surface area contributed by atoms with Crippen LogP contribution in [0.3, 0.4) is 0 Å². The fraction of sp³-hybridized carbons (Fsp3) is 0.200. The zero-order valence-corrected chi connectivity index (χ0v) is 11.3. The lowest BCUT2D eigenvalue weighted by Crippen LogP contribution is -2.27. The Balaban J connectivity index is 2.34. The highest BCUT2D eigenvalue weighted by molar-refractivity contribution is 6.07. The van der Waals surface area contributed by atoms with E-state index in [1.54, 1.807) is 30.4 Å². The smallest absolute Gasteiger partial charge is 0.258 e. The van der Waals surface area contributed by atoms with E-state index >= 15 is 0 Å². The van der Waals surface area contributed by atoms with Gasteiger partial charge < -0.3 is 10.6 Å². The first kappa shape index (κ1) is 13.1. The monoisotopic (exact) mass is 255 g/mol. The van der Waals surface area contributed by atoms with E-state index < -0.39 is 0 Å². The van der Waals surface area contributed by atoms with E-state index in [1.165, 1.54) is 5.56 Å². The highest BCUT2D eigenvalue weighted by Gasteiger charge is 2.15. The Morgan fingerprint density at radius 2 is 1.95 bits per heavy atom. The van der Waals surface area contributed by atoms with Gasteiger partial charge in [-0.3, -0.25) is 9.78 Å². The Hall–Kier alpha value is -2.36. The molecule has 0 atom stereocenters. The van der Waals surface area contributed by atoms with Crippen LogP contribution in [0.4, 0.5) is 11.4 Å². The van der Waals surface area contributed by atoms with Gasteiger partial charge in [-0.1, -0.05) is 6.07 Å². The van der Waals surface area contributed by atoms with Crippen molar-refractivity contribution in [2.24, 2.45) is 0 Å². The number of aryl methyl sites for hydroxylation is 2. The number of hydrogen-bond donors (Lipinski definition) is 1. The van der Waals surface area contributed by atoms with Crippen LogP contribution in [-0.2, 0) is 0 Å². The molecule has 2 aromatic rings. The molecule has 0 spiro atoms. The molecule has 2 rings (SSSR count). The maximum Gasteiger partial charge on any atom is 0.258 e. The molecule has 19 heavy (non-hydrogen) atoms. The summed E-state index contributed by atoms with van der Waals surface area (Å²) in [6.45, 7) is 4.01. The topological polar surface area (TPSA) is 59.2 Å². The van der Waals surface area contributed by atoms with Crippen molar-refractivity contribution < 1.29 is 4.79 Å². The Morgan fingerprint density at radius 3 is 2.58 bits per heavy atom. The quantitative estimate of drug-likeness (QED) is 0.897. The first-order chi connectivity index (χ1) is 9.00. The lowest BCUT2D eigenvalue weighted by atomic mass is 10.1. The summed E-state index contributed by atoms with van der Waals surface area (Å²) in [5.74, 6) is -0.0824. The van der Waals surface area contributed by atoms with Gasteiger partial charge in [0.15, 0.2) is 0 Å². The predicted molar refractivity (Wildman–Crippen MR) is 77.3 cm³/mol. The van der Waals surface area contributed by atoms with Crippen LogP contribution in [0.5, 0.6) is 0 Å². The van der Waals surface area contributed by atoms with Gasteiger partial charge in [-0.05, 0) is 43.2 Å². The Kier molecular flexibility index (Phi) is 3.51. The molecule has 98 valence electrons. The average Bonchev–Trinajstić information content (AvgIpc) is 2.41. The highest BCUT2D eigenvalue weighted by Crippen LogP contribution is 2.22. The number of benzene rings is 1. The molecule has 1 heterocycles. The zero-order valence-electron chi connectivity index (χ0n) is 11.3. The number of carbonyl (C=O) groups excluding carboxylic acids is 1. The summed E-state index contributed by atoms with van der Waals surface area (Å²) in [4.78, 5) is 17.9. The molecular formula is C15H17N3O. The van der Waals surface area contributed by atoms with Gasteiger partial charge in [0, 0.05) is 18.8 Å². The van der Waals surface area contributed by atoms with E-state index in [-0.39, 0.29) is 5.91 Å². The van der Waals surface area contributed by atoms with Crippen molar-refractivity contribution >= 4 is 17.3 Å². The normalized spacial score (nSPS) is 10.3. The van der Waals surface area contributed by atoms with E-state index in [2.05, 4.69) is 4.98 Å². The van der Waals surface area contributed by atoms with Crippen LogP contribution in [0.15, 0.2) is 36.7 Å². The van der Waals surface area contributed by atoms with Gasteiger partial charge in [-0.25, -0.2) is 0 Å². The molecule has 0 fully saturated rings. The molecule has 0 aliphatic heterocycles. The van der Waals surface area contributed by atoms with Gasteiger partial charge >= 0.3 is 0 Å². The molecule has 1 amide bonds. The summed E-state index contributed by atoms with van der Waals surface area (Å²) >= 11 is 0. The number of pyridine rings is 1. The number of rotatable bonds is 2. The molecule has 4 nitrogen and oxygen atoms in total. The summed E-state index contributed by atoms with van der Waals surface area (Å²) in [6.07, 6.45) is 3.16. The first-order valence-electron chi connectivity index (χ1n) is 6.05. The Morgan fingerprint density at radius 1 is 1.21 bits per heavy atom. The molecule has 0 unspecified atom stereocenters. The van der Waals surface area contributed by atoms with E-state index in [1.807, 2.05) is 32.0 Å². The molecule has 1 aromatic heterocycles. The Labute approximate surface area is 112 Å². The van der Waals surface area contributed by atoms with Crippen LogP contribution in [0.2, 0.25) is 0 Å². The van der Waals surface area contributed by atoms with Crippen molar-refractivity contribution in [2.75, 3.05) is 17.7 Å². The fourth-order valence-corrected chi connectivity index (χ4v) is 1.88. The number of amides is 1. The molecule has 0 radical (unpaired) electrons. The second-order valence-electron chi connectivity index (χ2n) is 4.60. The first-order valence-corrected chi connectivity index (χ1v) is 6.05. The minimum atomic E-state index is -0.0824. The molecule has 2 N–H and O–H groups in total. The molecule has 0 aliphatic rings. The zero-order chi connectivity index (χ0) is 14.0. The lowest BCUT2D eigenvalue weighted by molar-refractivity contribution is 0.0993. The van der Waals surface area contributed by atoms with Crippen molar-refractivity contribution in [3.8, 4) is 0 Å². The summed E-state index contributed by atoms with van der Waals surface area (Å²) in [7, 11) is 1.71. The fourth-order valence-electron chi connectivity index (χ4n) is 1.88. The van der Waals surface area contributed by atoms with Crippen LogP contribution >= 0.6 is 0 Å². The van der Waals surface area contributed by atoms with Crippen molar-refractivity contribution in [3.05, 3.63) is 53.3 Å². The lowest BCUT2D eigenvalue weighted by Gasteiger charge is -2.19. The van der Waals surface area contributed by atoms with Crippen LogP contribution in [0.1, 0.15) is 21.5 Å². The van der Waals surface area contributed by atoms with Crippen molar-refractivity contribution in [1.29, 1.82) is 0 Å². The van der Waals surface area contributed by atoms with Crippen LogP contribution in [0, 0.1) is 13.8 Å². The van der Waals surface area contributed by atoms with Crippen LogP contribution in [-0.4, -0.2) is 17.9 Å². The van der Waals surface area contributed by atoms with Crippen LogP contribution in [0.25, 0.3) is 0 Å². The molecule has 0 aliphatic carbocycles. The minimum Gasteiger partial charge on any atom is -0.396 e. The summed E-state index contributed by atoms with van der Waals surface area (Å²) in [5, 5.41) is 0. The molecule has 0 bridgehead atoms. The average molecular weight is 255 g/mol. The van der Waals surface area contributed by atoms with Gasteiger partial charge in [0.1, 0.15) is 0 Å². The number of carbonyl (C=O) groups is 1. The third kappa shape index (κ3) is 2.57. The Bertz CT molecular complexity index is 623. The van der Waals surface area contributed by atoms with Crippen LogP contribution < -0.4 is 10.6 Å². The van der Waals surface area contributed by atoms with E-state index in [0.717, 1.165) is 5.56 Å². The van der Waals surface area contributed by atoms with E-state index in [0.29, 0.717) is 16.9 Å². The van der Waals surface area contributed by atoms with E-state index in [9.17, 15) is 4.79 Å². The third-order valence-corrected chi connectivity index (χ3v) is 3.25. The number of nitrogens with two attached hydrogens (primary N) is 1. The highest BCUT2D eigenvalue weighted by atomic mass is 16.2. The number of nitrogens with zero attached hydrogens (tertiary/aromatic N) is 2. The number of aromatic nitrogens is 1. The number of nitrogen functional groups attached to an aromatic ring is 1. The third-order valence-electron chi connectivity index (χ3n) is 3.25. The molecule has 1 aromatic carbocycles. The maximum absolute atomic E-state index is 12.4. The standard InChI is InChI=1S/C15H17N3O/c1-10-4-5-12(8-11(10)2)15(19)18(3)14-6-7-17-9-13(14)16/h4-9H,16H2,1-3H3. The van der Waals surface area contributed by atoms with E-state index in [4.69, 9.17) is 5.73 Å². The molecular weight excluding hydrogens is 238 g/mol. The molecule has 4 heteroatoms. The summed E-state index contributed by atoms with van der Waals surface area (Å²) in [5.41, 5.74) is 9.91.